The number of aryl methyl sites for hydroxylation is 2. The number of nitrogen functional groups attached to an aromatic ring is 1. The Morgan fingerprint density at radius 1 is 1.10 bits per heavy atom. The molecule has 0 atom stereocenters. The van der Waals surface area contributed by atoms with Gasteiger partial charge in [0.25, 0.3) is 0 Å². The van der Waals surface area contributed by atoms with Crippen LogP contribution in [0.4, 0.5) is 21.7 Å². The van der Waals surface area contributed by atoms with E-state index in [0.717, 1.165) is 11.1 Å². The standard InChI is InChI=1S/C22H19FN8/c1-12-8-9-25-21-18(12)14(3)31(16-7-5-4-6-15(16)23)17(28-21)10-30-22-19(13(2)29-30)20(24)26-11-27-22/h4-9,11H,3,10H2,1-2H3,(H2,24,26,27). The Balaban J connectivity index is 1.70. The molecule has 0 radical (unpaired) electrons. The molecule has 9 heteroatoms. The lowest BCUT2D eigenvalue weighted by atomic mass is 10.0. The summed E-state index contributed by atoms with van der Waals surface area (Å²) in [5, 5.41) is 5.26. The molecule has 4 aromatic rings. The molecular weight excluding hydrogens is 395 g/mol. The van der Waals surface area contributed by atoms with Crippen LogP contribution in [0.5, 0.6) is 0 Å². The molecule has 0 saturated carbocycles. The zero-order chi connectivity index (χ0) is 21.7. The van der Waals surface area contributed by atoms with Gasteiger partial charge in [0.15, 0.2) is 11.5 Å². The fourth-order valence-electron chi connectivity index (χ4n) is 3.90. The SMILES string of the molecule is C=C1c2c(C)ccnc2N=C(Cn2nc(C)c3c(N)ncnc32)N1c1ccccc1F. The van der Waals surface area contributed by atoms with Gasteiger partial charge in [-0.3, -0.25) is 4.90 Å². The second-order valence-electron chi connectivity index (χ2n) is 7.29. The number of aliphatic imine (C=N–C) groups is 1. The third-order valence-corrected chi connectivity index (χ3v) is 5.31. The number of rotatable bonds is 3. The summed E-state index contributed by atoms with van der Waals surface area (Å²) in [6.45, 7) is 8.26. The number of halogens is 1. The summed E-state index contributed by atoms with van der Waals surface area (Å²) in [6, 6.07) is 8.41. The molecule has 2 N–H and O–H groups in total. The number of para-hydroxylation sites is 1. The van der Waals surface area contributed by atoms with Crippen molar-refractivity contribution in [2.45, 2.75) is 20.4 Å². The monoisotopic (exact) mass is 414 g/mol. The van der Waals surface area contributed by atoms with E-state index in [9.17, 15) is 4.39 Å². The first-order valence-electron chi connectivity index (χ1n) is 9.66. The highest BCUT2D eigenvalue weighted by atomic mass is 19.1. The number of pyridine rings is 1. The Morgan fingerprint density at radius 3 is 2.71 bits per heavy atom. The van der Waals surface area contributed by atoms with Gasteiger partial charge in [-0.15, -0.1) is 0 Å². The molecule has 0 aliphatic carbocycles. The lowest BCUT2D eigenvalue weighted by Crippen LogP contribution is -2.36. The van der Waals surface area contributed by atoms with Crippen molar-refractivity contribution >= 4 is 39.9 Å². The number of benzene rings is 1. The minimum absolute atomic E-state index is 0.212. The fraction of sp³-hybridized carbons (Fsp3) is 0.136. The van der Waals surface area contributed by atoms with Gasteiger partial charge in [0, 0.05) is 11.8 Å². The van der Waals surface area contributed by atoms with Crippen molar-refractivity contribution in [1.29, 1.82) is 0 Å². The van der Waals surface area contributed by atoms with Crippen LogP contribution in [0.3, 0.4) is 0 Å². The highest BCUT2D eigenvalue weighted by Gasteiger charge is 2.29. The molecule has 4 heterocycles. The number of anilines is 2. The molecule has 5 rings (SSSR count). The smallest absolute Gasteiger partial charge is 0.164 e. The Labute approximate surface area is 177 Å². The topological polar surface area (TPSA) is 98.1 Å². The van der Waals surface area contributed by atoms with Crippen molar-refractivity contribution in [1.82, 2.24) is 24.7 Å². The number of nitrogens with zero attached hydrogens (tertiary/aromatic N) is 7. The summed E-state index contributed by atoms with van der Waals surface area (Å²) in [5.74, 6) is 1.03. The molecule has 1 aliphatic heterocycles. The zero-order valence-electron chi connectivity index (χ0n) is 17.0. The maximum absolute atomic E-state index is 14.8. The Morgan fingerprint density at radius 2 is 1.90 bits per heavy atom. The minimum atomic E-state index is -0.380. The van der Waals surface area contributed by atoms with Crippen LogP contribution in [-0.4, -0.2) is 30.6 Å². The van der Waals surface area contributed by atoms with Gasteiger partial charge in [-0.05, 0) is 37.6 Å². The first-order valence-corrected chi connectivity index (χ1v) is 9.66. The van der Waals surface area contributed by atoms with Gasteiger partial charge in [-0.2, -0.15) is 5.10 Å². The molecule has 0 bridgehead atoms. The van der Waals surface area contributed by atoms with Gasteiger partial charge < -0.3 is 5.73 Å². The van der Waals surface area contributed by atoms with E-state index in [4.69, 9.17) is 10.7 Å². The second-order valence-corrected chi connectivity index (χ2v) is 7.29. The van der Waals surface area contributed by atoms with Gasteiger partial charge in [0.1, 0.15) is 30.3 Å². The van der Waals surface area contributed by atoms with Crippen LogP contribution >= 0.6 is 0 Å². The quantitative estimate of drug-likeness (QED) is 0.548. The normalized spacial score (nSPS) is 13.5. The Hall–Kier alpha value is -4.14. The van der Waals surface area contributed by atoms with E-state index < -0.39 is 0 Å². The van der Waals surface area contributed by atoms with Crippen LogP contribution in [0.15, 0.2) is 54.4 Å². The van der Waals surface area contributed by atoms with Crippen LogP contribution in [0.25, 0.3) is 16.7 Å². The van der Waals surface area contributed by atoms with Crippen LogP contribution in [0.2, 0.25) is 0 Å². The number of amidine groups is 1. The van der Waals surface area contributed by atoms with Crippen LogP contribution in [0.1, 0.15) is 16.8 Å². The molecule has 31 heavy (non-hydrogen) atoms. The van der Waals surface area contributed by atoms with Crippen molar-refractivity contribution < 1.29 is 4.39 Å². The number of hydrogen-bond donors (Lipinski definition) is 1. The largest absolute Gasteiger partial charge is 0.383 e. The van der Waals surface area contributed by atoms with E-state index in [2.05, 4.69) is 26.6 Å². The van der Waals surface area contributed by atoms with E-state index in [-0.39, 0.29) is 12.4 Å². The average Bonchev–Trinajstić information content (AvgIpc) is 3.05. The first-order chi connectivity index (χ1) is 15.0. The number of fused-ring (bicyclic) bond motifs is 2. The van der Waals surface area contributed by atoms with Gasteiger partial charge in [0.2, 0.25) is 0 Å². The molecule has 3 aromatic heterocycles. The predicted octanol–water partition coefficient (Wildman–Crippen LogP) is 3.78. The maximum Gasteiger partial charge on any atom is 0.164 e. The lowest BCUT2D eigenvalue weighted by molar-refractivity contribution is 0.628. The van der Waals surface area contributed by atoms with Crippen molar-refractivity contribution in [3.63, 3.8) is 0 Å². The van der Waals surface area contributed by atoms with Crippen molar-refractivity contribution in [3.8, 4) is 0 Å². The first kappa shape index (κ1) is 18.9. The molecule has 8 nitrogen and oxygen atoms in total. The van der Waals surface area contributed by atoms with Gasteiger partial charge >= 0.3 is 0 Å². The average molecular weight is 414 g/mol. The fourth-order valence-corrected chi connectivity index (χ4v) is 3.90. The van der Waals surface area contributed by atoms with E-state index in [1.54, 1.807) is 34.0 Å². The molecule has 0 spiro atoms. The molecule has 0 fully saturated rings. The van der Waals surface area contributed by atoms with E-state index >= 15 is 0 Å². The van der Waals surface area contributed by atoms with Crippen LogP contribution < -0.4 is 10.6 Å². The summed E-state index contributed by atoms with van der Waals surface area (Å²) in [6.07, 6.45) is 3.09. The summed E-state index contributed by atoms with van der Waals surface area (Å²) < 4.78 is 16.5. The molecule has 0 saturated heterocycles. The molecule has 1 aliphatic rings. The summed E-state index contributed by atoms with van der Waals surface area (Å²) in [5.41, 5.74) is 9.99. The number of aromatic nitrogens is 5. The second kappa shape index (κ2) is 6.98. The highest BCUT2D eigenvalue weighted by molar-refractivity contribution is 6.13. The minimum Gasteiger partial charge on any atom is -0.383 e. The van der Waals surface area contributed by atoms with Gasteiger partial charge in [0.05, 0.1) is 22.5 Å². The van der Waals surface area contributed by atoms with Crippen molar-refractivity contribution in [2.24, 2.45) is 4.99 Å². The Kier molecular flexibility index (Phi) is 4.25. The molecule has 1 aromatic carbocycles. The predicted molar refractivity (Wildman–Crippen MR) is 118 cm³/mol. The van der Waals surface area contributed by atoms with Crippen molar-refractivity contribution in [2.75, 3.05) is 10.6 Å². The molecule has 0 unspecified atom stereocenters. The third-order valence-electron chi connectivity index (χ3n) is 5.31. The molecule has 154 valence electrons. The van der Waals surface area contributed by atoms with E-state index in [1.807, 2.05) is 19.9 Å². The van der Waals surface area contributed by atoms with E-state index in [1.165, 1.54) is 12.4 Å². The van der Waals surface area contributed by atoms with Crippen LogP contribution in [0, 0.1) is 19.7 Å². The Bertz CT molecular complexity index is 1390. The summed E-state index contributed by atoms with van der Waals surface area (Å²) in [4.78, 5) is 19.3. The van der Waals surface area contributed by atoms with Crippen molar-refractivity contribution in [3.05, 3.63) is 72.1 Å². The number of nitrogens with two attached hydrogens (primary N) is 1. The molecular formula is C22H19FN8. The zero-order valence-corrected chi connectivity index (χ0v) is 17.0. The summed E-state index contributed by atoms with van der Waals surface area (Å²) in [7, 11) is 0. The third kappa shape index (κ3) is 2.93. The highest BCUT2D eigenvalue weighted by Crippen LogP contribution is 2.38. The number of hydrogen-bond acceptors (Lipinski definition) is 7. The van der Waals surface area contributed by atoms with Crippen LogP contribution in [-0.2, 0) is 6.54 Å². The molecule has 0 amide bonds. The maximum atomic E-state index is 14.8. The van der Waals surface area contributed by atoms with Gasteiger partial charge in [-0.25, -0.2) is 29.0 Å². The van der Waals surface area contributed by atoms with Gasteiger partial charge in [-0.1, -0.05) is 18.7 Å². The summed E-state index contributed by atoms with van der Waals surface area (Å²) >= 11 is 0. The lowest BCUT2D eigenvalue weighted by Gasteiger charge is -2.33. The van der Waals surface area contributed by atoms with E-state index in [0.29, 0.717) is 45.6 Å².